The first kappa shape index (κ1) is 12.6. The molecule has 0 bridgehead atoms. The zero-order valence-corrected chi connectivity index (χ0v) is 9.49. The van der Waals surface area contributed by atoms with E-state index < -0.39 is 11.9 Å². The number of aliphatic hydroxyl groups is 1. The van der Waals surface area contributed by atoms with Crippen LogP contribution in [0.4, 0.5) is 0 Å². The summed E-state index contributed by atoms with van der Waals surface area (Å²) in [7, 11) is 0. The second-order valence-electron chi connectivity index (χ2n) is 4.28. The van der Waals surface area contributed by atoms with Gasteiger partial charge in [0, 0.05) is 19.3 Å². The third-order valence-corrected chi connectivity index (χ3v) is 2.51. The summed E-state index contributed by atoms with van der Waals surface area (Å²) in [5.41, 5.74) is 0. The molecule has 1 rings (SSSR count). The number of hydrogen-bond donors (Lipinski definition) is 1. The van der Waals surface area contributed by atoms with Gasteiger partial charge in [-0.3, -0.25) is 4.79 Å². The number of carbonyl (C=O) groups excluding carboxylic acids is 1. The maximum Gasteiger partial charge on any atom is 0.165 e. The summed E-state index contributed by atoms with van der Waals surface area (Å²) in [5.74, 6) is -0.392. The molecule has 0 spiro atoms. The van der Waals surface area contributed by atoms with E-state index in [-0.39, 0.29) is 12.2 Å². The fourth-order valence-corrected chi connectivity index (χ4v) is 1.74. The molecule has 1 saturated heterocycles. The molecule has 4 nitrogen and oxygen atoms in total. The van der Waals surface area contributed by atoms with Gasteiger partial charge in [-0.2, -0.15) is 0 Å². The highest BCUT2D eigenvalue weighted by molar-refractivity contribution is 5.78. The molecule has 0 aromatic heterocycles. The molecule has 1 fully saturated rings. The normalized spacial score (nSPS) is 21.5. The van der Waals surface area contributed by atoms with Crippen LogP contribution in [0, 0.1) is 0 Å². The number of ketones is 1. The minimum Gasteiger partial charge on any atom is -0.393 e. The van der Waals surface area contributed by atoms with Gasteiger partial charge in [0.2, 0.25) is 0 Å². The Hall–Kier alpha value is -0.450. The molecular formula is C11H20O4. The summed E-state index contributed by atoms with van der Waals surface area (Å²) in [6.45, 7) is 4.80. The van der Waals surface area contributed by atoms with E-state index >= 15 is 0 Å². The molecule has 0 aromatic carbocycles. The second-order valence-corrected chi connectivity index (χ2v) is 4.28. The van der Waals surface area contributed by atoms with Gasteiger partial charge in [0.05, 0.1) is 19.3 Å². The van der Waals surface area contributed by atoms with Gasteiger partial charge in [0.25, 0.3) is 0 Å². The van der Waals surface area contributed by atoms with E-state index in [1.807, 2.05) is 6.92 Å². The van der Waals surface area contributed by atoms with Gasteiger partial charge < -0.3 is 14.6 Å². The average molecular weight is 216 g/mol. The van der Waals surface area contributed by atoms with Gasteiger partial charge in [-0.25, -0.2) is 0 Å². The van der Waals surface area contributed by atoms with Crippen molar-refractivity contribution in [3.63, 3.8) is 0 Å². The first-order chi connectivity index (χ1) is 7.02. The largest absolute Gasteiger partial charge is 0.393 e. The van der Waals surface area contributed by atoms with Gasteiger partial charge >= 0.3 is 0 Å². The van der Waals surface area contributed by atoms with Crippen molar-refractivity contribution in [2.24, 2.45) is 0 Å². The fraction of sp³-hybridized carbons (Fsp3) is 0.909. The van der Waals surface area contributed by atoms with Gasteiger partial charge in [0.15, 0.2) is 5.79 Å². The van der Waals surface area contributed by atoms with Gasteiger partial charge in [0.1, 0.15) is 5.78 Å². The number of ether oxygens (including phenoxy) is 2. The lowest BCUT2D eigenvalue weighted by Crippen LogP contribution is -2.25. The van der Waals surface area contributed by atoms with E-state index in [4.69, 9.17) is 14.6 Å². The summed E-state index contributed by atoms with van der Waals surface area (Å²) < 4.78 is 10.8. The van der Waals surface area contributed by atoms with Crippen molar-refractivity contribution in [1.82, 2.24) is 0 Å². The summed E-state index contributed by atoms with van der Waals surface area (Å²) >= 11 is 0. The minimum atomic E-state index is -0.535. The Kier molecular flexibility index (Phi) is 4.70. The molecular weight excluding hydrogens is 196 g/mol. The molecule has 0 aromatic rings. The average Bonchev–Trinajstić information content (AvgIpc) is 2.51. The van der Waals surface area contributed by atoms with Crippen molar-refractivity contribution in [2.75, 3.05) is 13.2 Å². The van der Waals surface area contributed by atoms with Gasteiger partial charge in [-0.05, 0) is 20.3 Å². The minimum absolute atomic E-state index is 0.103. The number of rotatable bonds is 6. The molecule has 4 heteroatoms. The molecule has 0 aliphatic carbocycles. The van der Waals surface area contributed by atoms with E-state index in [2.05, 4.69) is 0 Å². The highest BCUT2D eigenvalue weighted by Gasteiger charge is 2.30. The summed E-state index contributed by atoms with van der Waals surface area (Å²) in [6.07, 6.45) is 1.69. The number of carbonyl (C=O) groups is 1. The van der Waals surface area contributed by atoms with Crippen molar-refractivity contribution in [1.29, 1.82) is 0 Å². The standard InChI is InChI=1S/C11H20O4/c1-9(12)8-10(13)4-3-5-11(2)14-6-7-15-11/h9,12H,3-8H2,1-2H3. The molecule has 1 atom stereocenters. The lowest BCUT2D eigenvalue weighted by molar-refractivity contribution is -0.148. The van der Waals surface area contributed by atoms with Crippen LogP contribution in [0.15, 0.2) is 0 Å². The van der Waals surface area contributed by atoms with Crippen LogP contribution < -0.4 is 0 Å². The Balaban J connectivity index is 2.12. The molecule has 1 heterocycles. The Morgan fingerprint density at radius 1 is 1.47 bits per heavy atom. The van der Waals surface area contributed by atoms with Crippen molar-refractivity contribution >= 4 is 5.78 Å². The van der Waals surface area contributed by atoms with Crippen molar-refractivity contribution in [3.8, 4) is 0 Å². The Bertz CT molecular complexity index is 207. The van der Waals surface area contributed by atoms with Crippen LogP contribution in [0.3, 0.4) is 0 Å². The fourth-order valence-electron chi connectivity index (χ4n) is 1.74. The lowest BCUT2D eigenvalue weighted by Gasteiger charge is -2.21. The van der Waals surface area contributed by atoms with Crippen LogP contribution in [-0.2, 0) is 14.3 Å². The van der Waals surface area contributed by atoms with E-state index in [0.29, 0.717) is 19.6 Å². The Morgan fingerprint density at radius 3 is 2.60 bits per heavy atom. The molecule has 0 radical (unpaired) electrons. The highest BCUT2D eigenvalue weighted by Crippen LogP contribution is 2.24. The first-order valence-electron chi connectivity index (χ1n) is 5.49. The summed E-state index contributed by atoms with van der Waals surface area (Å²) in [6, 6.07) is 0. The SMILES string of the molecule is CC(O)CC(=O)CCCC1(C)OCCO1. The quantitative estimate of drug-likeness (QED) is 0.726. The first-order valence-corrected chi connectivity index (χ1v) is 5.49. The maximum absolute atomic E-state index is 11.3. The second kappa shape index (κ2) is 5.58. The molecule has 0 saturated carbocycles. The topological polar surface area (TPSA) is 55.8 Å². The highest BCUT2D eigenvalue weighted by atomic mass is 16.7. The number of hydrogen-bond acceptors (Lipinski definition) is 4. The van der Waals surface area contributed by atoms with Crippen molar-refractivity contribution in [2.45, 2.75) is 51.4 Å². The summed E-state index contributed by atoms with van der Waals surface area (Å²) in [5, 5.41) is 9.01. The maximum atomic E-state index is 11.3. The van der Waals surface area contributed by atoms with Crippen LogP contribution in [-0.4, -0.2) is 36.0 Å². The molecule has 15 heavy (non-hydrogen) atoms. The van der Waals surface area contributed by atoms with E-state index in [1.165, 1.54) is 0 Å². The Labute approximate surface area is 90.6 Å². The number of aliphatic hydroxyl groups excluding tert-OH is 1. The predicted octanol–water partition coefficient (Wildman–Crippen LogP) is 1.26. The molecule has 0 amide bonds. The zero-order valence-electron chi connectivity index (χ0n) is 9.49. The summed E-state index contributed by atoms with van der Waals surface area (Å²) in [4.78, 5) is 11.3. The number of Topliss-reactive ketones (excluding diaryl/α,β-unsaturated/α-hetero) is 1. The van der Waals surface area contributed by atoms with E-state index in [0.717, 1.165) is 12.8 Å². The zero-order chi connectivity index (χ0) is 11.3. The Morgan fingerprint density at radius 2 is 2.07 bits per heavy atom. The lowest BCUT2D eigenvalue weighted by atomic mass is 10.1. The van der Waals surface area contributed by atoms with Crippen LogP contribution in [0.5, 0.6) is 0 Å². The monoisotopic (exact) mass is 216 g/mol. The van der Waals surface area contributed by atoms with Crippen LogP contribution in [0.25, 0.3) is 0 Å². The molecule has 88 valence electrons. The third-order valence-electron chi connectivity index (χ3n) is 2.51. The van der Waals surface area contributed by atoms with Crippen molar-refractivity contribution in [3.05, 3.63) is 0 Å². The van der Waals surface area contributed by atoms with Crippen LogP contribution in [0.2, 0.25) is 0 Å². The smallest absolute Gasteiger partial charge is 0.165 e. The van der Waals surface area contributed by atoms with Crippen LogP contribution >= 0.6 is 0 Å². The molecule has 1 unspecified atom stereocenters. The van der Waals surface area contributed by atoms with Crippen LogP contribution in [0.1, 0.15) is 39.5 Å². The predicted molar refractivity (Wildman–Crippen MR) is 55.5 cm³/mol. The van der Waals surface area contributed by atoms with E-state index in [1.54, 1.807) is 6.92 Å². The molecule has 1 aliphatic heterocycles. The van der Waals surface area contributed by atoms with E-state index in [9.17, 15) is 4.79 Å². The third kappa shape index (κ3) is 4.73. The van der Waals surface area contributed by atoms with Gasteiger partial charge in [-0.15, -0.1) is 0 Å². The van der Waals surface area contributed by atoms with Gasteiger partial charge in [-0.1, -0.05) is 0 Å². The molecule has 1 aliphatic rings. The van der Waals surface area contributed by atoms with Crippen molar-refractivity contribution < 1.29 is 19.4 Å². The molecule has 1 N–H and O–H groups in total.